The number of carbonyl (C=O) groups excluding carboxylic acids is 2. The van der Waals surface area contributed by atoms with Gasteiger partial charge in [0.05, 0.1) is 13.2 Å². The molecule has 3 rings (SSSR count). The van der Waals surface area contributed by atoms with Crippen LogP contribution in [0, 0.1) is 5.92 Å². The standard InChI is InChI=1S/C23H34N2O5/c1-23(2)29-14-13-28-19(15-24-21(26)17-9-5-3-6-10-17)20(30-23)16-25-22(27)18-11-7-4-8-12-18/h4,7-8,11-12,17,19-20H,3,5-6,9-10,13-16H2,1-2H3,(H,24,26)(H,25,27)/t19-,20+/m1/s1. The van der Waals surface area contributed by atoms with Gasteiger partial charge in [0.15, 0.2) is 5.79 Å². The van der Waals surface area contributed by atoms with Crippen molar-refractivity contribution in [1.82, 2.24) is 10.6 Å². The Bertz CT molecular complexity index is 688. The molecule has 2 N–H and O–H groups in total. The SMILES string of the molecule is CC1(C)OCCO[C@H](CNC(=O)C2CCCCC2)[C@H](CNC(=O)c2ccccc2)O1. The summed E-state index contributed by atoms with van der Waals surface area (Å²) in [5.74, 6) is -0.811. The van der Waals surface area contributed by atoms with Crippen LogP contribution in [-0.2, 0) is 19.0 Å². The van der Waals surface area contributed by atoms with E-state index in [4.69, 9.17) is 14.2 Å². The fourth-order valence-electron chi connectivity index (χ4n) is 4.03. The van der Waals surface area contributed by atoms with Crippen LogP contribution in [0.4, 0.5) is 0 Å². The molecular weight excluding hydrogens is 384 g/mol. The number of hydrogen-bond acceptors (Lipinski definition) is 5. The fraction of sp³-hybridized carbons (Fsp3) is 0.652. The zero-order valence-corrected chi connectivity index (χ0v) is 18.0. The minimum Gasteiger partial charge on any atom is -0.371 e. The van der Waals surface area contributed by atoms with Gasteiger partial charge in [-0.25, -0.2) is 0 Å². The zero-order chi connectivity index (χ0) is 21.4. The molecule has 7 heteroatoms. The second-order valence-electron chi connectivity index (χ2n) is 8.47. The fourth-order valence-corrected chi connectivity index (χ4v) is 4.03. The Morgan fingerprint density at radius 3 is 2.40 bits per heavy atom. The van der Waals surface area contributed by atoms with Crippen molar-refractivity contribution in [1.29, 1.82) is 0 Å². The molecule has 166 valence electrons. The van der Waals surface area contributed by atoms with Crippen LogP contribution in [0.2, 0.25) is 0 Å². The summed E-state index contributed by atoms with van der Waals surface area (Å²) in [6, 6.07) is 9.04. The lowest BCUT2D eigenvalue weighted by atomic mass is 9.88. The molecule has 2 atom stereocenters. The van der Waals surface area contributed by atoms with Crippen LogP contribution in [0.15, 0.2) is 30.3 Å². The maximum atomic E-state index is 12.6. The molecule has 2 amide bonds. The number of hydrogen-bond donors (Lipinski definition) is 2. The molecule has 1 heterocycles. The molecule has 30 heavy (non-hydrogen) atoms. The van der Waals surface area contributed by atoms with Gasteiger partial charge in [0, 0.05) is 24.6 Å². The van der Waals surface area contributed by atoms with Gasteiger partial charge in [-0.1, -0.05) is 37.5 Å². The highest BCUT2D eigenvalue weighted by molar-refractivity contribution is 5.94. The number of nitrogens with one attached hydrogen (secondary N) is 2. The Morgan fingerprint density at radius 2 is 1.67 bits per heavy atom. The first-order chi connectivity index (χ1) is 14.4. The predicted octanol–water partition coefficient (Wildman–Crippen LogP) is 2.65. The van der Waals surface area contributed by atoms with E-state index < -0.39 is 11.9 Å². The highest BCUT2D eigenvalue weighted by Gasteiger charge is 2.34. The van der Waals surface area contributed by atoms with Crippen molar-refractivity contribution in [3.63, 3.8) is 0 Å². The molecule has 7 nitrogen and oxygen atoms in total. The van der Waals surface area contributed by atoms with Gasteiger partial charge in [-0.15, -0.1) is 0 Å². The maximum Gasteiger partial charge on any atom is 0.251 e. The summed E-state index contributed by atoms with van der Waals surface area (Å²) < 4.78 is 17.8. The summed E-state index contributed by atoms with van der Waals surface area (Å²) in [7, 11) is 0. The van der Waals surface area contributed by atoms with Gasteiger partial charge in [0.1, 0.15) is 12.2 Å². The second-order valence-corrected chi connectivity index (χ2v) is 8.47. The van der Waals surface area contributed by atoms with E-state index in [0.717, 1.165) is 25.7 Å². The lowest BCUT2D eigenvalue weighted by Gasteiger charge is -2.37. The molecule has 0 unspecified atom stereocenters. The topological polar surface area (TPSA) is 85.9 Å². The van der Waals surface area contributed by atoms with Crippen LogP contribution in [-0.4, -0.2) is 56.1 Å². The maximum absolute atomic E-state index is 12.6. The molecule has 1 aliphatic carbocycles. The summed E-state index contributed by atoms with van der Waals surface area (Å²) in [4.78, 5) is 25.1. The van der Waals surface area contributed by atoms with Gasteiger partial charge in [0.2, 0.25) is 5.91 Å². The van der Waals surface area contributed by atoms with Gasteiger partial charge < -0.3 is 24.8 Å². The average Bonchev–Trinajstić information content (AvgIpc) is 2.76. The monoisotopic (exact) mass is 418 g/mol. The van der Waals surface area contributed by atoms with E-state index in [1.54, 1.807) is 12.1 Å². The minimum atomic E-state index is -0.808. The molecule has 0 bridgehead atoms. The number of carbonyl (C=O) groups is 2. The normalized spacial score (nSPS) is 25.0. The van der Waals surface area contributed by atoms with Crippen LogP contribution in [0.3, 0.4) is 0 Å². The first kappa shape index (κ1) is 22.7. The summed E-state index contributed by atoms with van der Waals surface area (Å²) in [6.07, 6.45) is 4.50. The Kier molecular flexibility index (Phi) is 8.24. The first-order valence-electron chi connectivity index (χ1n) is 11.0. The van der Waals surface area contributed by atoms with Crippen molar-refractivity contribution in [2.45, 2.75) is 63.9 Å². The molecule has 0 aromatic heterocycles. The summed E-state index contributed by atoms with van der Waals surface area (Å²) >= 11 is 0. The Hall–Kier alpha value is -1.96. The average molecular weight is 419 g/mol. The highest BCUT2D eigenvalue weighted by Crippen LogP contribution is 2.24. The molecule has 1 saturated heterocycles. The second kappa shape index (κ2) is 10.9. The molecule has 1 saturated carbocycles. The molecular formula is C23H34N2O5. The van der Waals surface area contributed by atoms with Crippen molar-refractivity contribution in [3.05, 3.63) is 35.9 Å². The van der Waals surface area contributed by atoms with Crippen molar-refractivity contribution in [3.8, 4) is 0 Å². The molecule has 1 aliphatic heterocycles. The van der Waals surface area contributed by atoms with Gasteiger partial charge >= 0.3 is 0 Å². The lowest BCUT2D eigenvalue weighted by Crippen LogP contribution is -2.53. The van der Waals surface area contributed by atoms with Crippen LogP contribution in [0.25, 0.3) is 0 Å². The quantitative estimate of drug-likeness (QED) is 0.742. The van der Waals surface area contributed by atoms with Crippen LogP contribution in [0.1, 0.15) is 56.3 Å². The van der Waals surface area contributed by atoms with E-state index in [2.05, 4.69) is 10.6 Å². The van der Waals surface area contributed by atoms with Gasteiger partial charge in [-0.2, -0.15) is 0 Å². The van der Waals surface area contributed by atoms with Gasteiger partial charge in [-0.3, -0.25) is 9.59 Å². The van der Waals surface area contributed by atoms with E-state index in [0.29, 0.717) is 25.3 Å². The number of amides is 2. The third-order valence-corrected chi connectivity index (χ3v) is 5.67. The molecule has 1 aromatic carbocycles. The van der Waals surface area contributed by atoms with Crippen molar-refractivity contribution >= 4 is 11.8 Å². The van der Waals surface area contributed by atoms with Crippen LogP contribution in [0.5, 0.6) is 0 Å². The molecule has 0 spiro atoms. The first-order valence-corrected chi connectivity index (χ1v) is 11.0. The molecule has 1 aromatic rings. The summed E-state index contributed by atoms with van der Waals surface area (Å²) in [6.45, 7) is 5.11. The zero-order valence-electron chi connectivity index (χ0n) is 18.0. The minimum absolute atomic E-state index is 0.0861. The smallest absolute Gasteiger partial charge is 0.251 e. The summed E-state index contributed by atoms with van der Waals surface area (Å²) in [5.41, 5.74) is 0.585. The molecule has 0 radical (unpaired) electrons. The number of benzene rings is 1. The Labute approximate surface area is 178 Å². The predicted molar refractivity (Wildman–Crippen MR) is 113 cm³/mol. The third kappa shape index (κ3) is 6.79. The number of rotatable bonds is 6. The van der Waals surface area contributed by atoms with Gasteiger partial charge in [-0.05, 0) is 38.8 Å². The van der Waals surface area contributed by atoms with E-state index in [1.807, 2.05) is 32.0 Å². The Morgan fingerprint density at radius 1 is 0.967 bits per heavy atom. The van der Waals surface area contributed by atoms with E-state index in [-0.39, 0.29) is 30.4 Å². The Balaban J connectivity index is 1.61. The summed E-state index contributed by atoms with van der Waals surface area (Å²) in [5, 5.41) is 5.97. The lowest BCUT2D eigenvalue weighted by molar-refractivity contribution is -0.277. The molecule has 2 fully saturated rings. The molecule has 2 aliphatic rings. The number of ether oxygens (including phenoxy) is 3. The van der Waals surface area contributed by atoms with Crippen LogP contribution >= 0.6 is 0 Å². The van der Waals surface area contributed by atoms with Gasteiger partial charge in [0.25, 0.3) is 5.91 Å². The third-order valence-electron chi connectivity index (χ3n) is 5.67. The van der Waals surface area contributed by atoms with Crippen molar-refractivity contribution in [2.75, 3.05) is 26.3 Å². The van der Waals surface area contributed by atoms with E-state index in [9.17, 15) is 9.59 Å². The van der Waals surface area contributed by atoms with Crippen LogP contribution < -0.4 is 10.6 Å². The van der Waals surface area contributed by atoms with E-state index >= 15 is 0 Å². The van der Waals surface area contributed by atoms with E-state index in [1.165, 1.54) is 6.42 Å². The highest BCUT2D eigenvalue weighted by atomic mass is 16.7. The van der Waals surface area contributed by atoms with Crippen molar-refractivity contribution in [2.24, 2.45) is 5.92 Å². The van der Waals surface area contributed by atoms with Crippen molar-refractivity contribution < 1.29 is 23.8 Å². The largest absolute Gasteiger partial charge is 0.371 e.